The van der Waals surface area contributed by atoms with Crippen molar-refractivity contribution in [1.82, 2.24) is 10.2 Å². The molecule has 3 heteroatoms. The highest BCUT2D eigenvalue weighted by Crippen LogP contribution is 2.18. The molecule has 1 heterocycles. The maximum Gasteiger partial charge on any atom is 0.254 e. The van der Waals surface area contributed by atoms with Crippen molar-refractivity contribution in [2.24, 2.45) is 0 Å². The van der Waals surface area contributed by atoms with Gasteiger partial charge in [-0.15, -0.1) is 0 Å². The van der Waals surface area contributed by atoms with E-state index in [1.165, 1.54) is 5.56 Å². The summed E-state index contributed by atoms with van der Waals surface area (Å²) in [6.45, 7) is 9.30. The van der Waals surface area contributed by atoms with Crippen LogP contribution < -0.4 is 5.32 Å². The molecule has 0 saturated carbocycles. The van der Waals surface area contributed by atoms with Gasteiger partial charge in [0, 0.05) is 25.2 Å². The van der Waals surface area contributed by atoms with E-state index in [1.807, 2.05) is 23.1 Å². The van der Waals surface area contributed by atoms with E-state index < -0.39 is 0 Å². The van der Waals surface area contributed by atoms with Gasteiger partial charge in [0.25, 0.3) is 5.91 Å². The first-order valence-electron chi connectivity index (χ1n) is 6.97. The predicted octanol–water partition coefficient (Wildman–Crippen LogP) is 2.24. The summed E-state index contributed by atoms with van der Waals surface area (Å²) in [6, 6.07) is 7.94. The standard InChI is InChI=1S/C16H22N2O/c1-3-17-11-13(2)12-18-10-6-8-14-7-4-5-9-15(14)16(18)19/h4-5,7,9,17H,2-3,6,8,10-12H2,1H3. The van der Waals surface area contributed by atoms with Gasteiger partial charge in [0.2, 0.25) is 0 Å². The molecule has 102 valence electrons. The van der Waals surface area contributed by atoms with Crippen molar-refractivity contribution in [3.8, 4) is 0 Å². The minimum absolute atomic E-state index is 0.144. The maximum atomic E-state index is 12.5. The first-order chi connectivity index (χ1) is 9.22. The van der Waals surface area contributed by atoms with Gasteiger partial charge in [-0.3, -0.25) is 4.79 Å². The molecule has 0 saturated heterocycles. The molecular formula is C16H22N2O. The molecule has 0 radical (unpaired) electrons. The number of hydrogen-bond acceptors (Lipinski definition) is 2. The van der Waals surface area contributed by atoms with Crippen LogP contribution in [0.15, 0.2) is 36.4 Å². The number of hydrogen-bond donors (Lipinski definition) is 1. The molecule has 2 rings (SSSR count). The number of rotatable bonds is 5. The SMILES string of the molecule is C=C(CNCC)CN1CCCc2ccccc2C1=O. The number of nitrogens with one attached hydrogen (secondary N) is 1. The average molecular weight is 258 g/mol. The second-order valence-electron chi connectivity index (χ2n) is 5.02. The third-order valence-corrected chi connectivity index (χ3v) is 3.45. The van der Waals surface area contributed by atoms with Gasteiger partial charge in [0.05, 0.1) is 0 Å². The van der Waals surface area contributed by atoms with E-state index in [9.17, 15) is 4.79 Å². The van der Waals surface area contributed by atoms with Gasteiger partial charge in [-0.25, -0.2) is 0 Å². The van der Waals surface area contributed by atoms with Gasteiger partial charge in [-0.1, -0.05) is 31.7 Å². The van der Waals surface area contributed by atoms with Crippen LogP contribution in [0.2, 0.25) is 0 Å². The number of carbonyl (C=O) groups is 1. The summed E-state index contributed by atoms with van der Waals surface area (Å²) in [6.07, 6.45) is 2.01. The van der Waals surface area contributed by atoms with Crippen LogP contribution >= 0.6 is 0 Å². The Kier molecular flexibility index (Phi) is 4.74. The Morgan fingerprint density at radius 1 is 1.42 bits per heavy atom. The molecule has 0 bridgehead atoms. The smallest absolute Gasteiger partial charge is 0.254 e. The molecule has 1 aliphatic heterocycles. The van der Waals surface area contributed by atoms with E-state index in [1.54, 1.807) is 0 Å². The highest BCUT2D eigenvalue weighted by molar-refractivity contribution is 5.96. The van der Waals surface area contributed by atoms with Crippen molar-refractivity contribution in [2.75, 3.05) is 26.2 Å². The first-order valence-corrected chi connectivity index (χ1v) is 6.97. The number of fused-ring (bicyclic) bond motifs is 1. The molecule has 1 aromatic rings. The lowest BCUT2D eigenvalue weighted by Crippen LogP contribution is -2.34. The van der Waals surface area contributed by atoms with Crippen molar-refractivity contribution in [3.05, 3.63) is 47.5 Å². The van der Waals surface area contributed by atoms with E-state index >= 15 is 0 Å². The summed E-state index contributed by atoms with van der Waals surface area (Å²) in [5.41, 5.74) is 3.10. The van der Waals surface area contributed by atoms with Crippen molar-refractivity contribution in [3.63, 3.8) is 0 Å². The Labute approximate surface area is 115 Å². The van der Waals surface area contributed by atoms with Crippen molar-refractivity contribution in [1.29, 1.82) is 0 Å². The molecule has 3 nitrogen and oxygen atoms in total. The highest BCUT2D eigenvalue weighted by atomic mass is 16.2. The zero-order chi connectivity index (χ0) is 13.7. The highest BCUT2D eigenvalue weighted by Gasteiger charge is 2.21. The summed E-state index contributed by atoms with van der Waals surface area (Å²) in [5, 5.41) is 3.25. The Bertz CT molecular complexity index is 468. The van der Waals surface area contributed by atoms with Crippen molar-refractivity contribution in [2.45, 2.75) is 19.8 Å². The van der Waals surface area contributed by atoms with Crippen LogP contribution in [-0.4, -0.2) is 37.0 Å². The number of benzene rings is 1. The summed E-state index contributed by atoms with van der Waals surface area (Å²) >= 11 is 0. The fourth-order valence-corrected chi connectivity index (χ4v) is 2.46. The van der Waals surface area contributed by atoms with Gasteiger partial charge in [0.1, 0.15) is 0 Å². The van der Waals surface area contributed by atoms with Crippen molar-refractivity contribution < 1.29 is 4.79 Å². The quantitative estimate of drug-likeness (QED) is 0.822. The molecule has 0 fully saturated rings. The first kappa shape index (κ1) is 13.8. The lowest BCUT2D eigenvalue weighted by Gasteiger charge is -2.22. The molecule has 19 heavy (non-hydrogen) atoms. The molecule has 0 unspecified atom stereocenters. The van der Waals surface area contributed by atoms with E-state index in [0.717, 1.165) is 43.6 Å². The summed E-state index contributed by atoms with van der Waals surface area (Å²) in [4.78, 5) is 14.4. The Hall–Kier alpha value is -1.61. The number of amides is 1. The van der Waals surface area contributed by atoms with Crippen LogP contribution in [0.4, 0.5) is 0 Å². The second-order valence-corrected chi connectivity index (χ2v) is 5.02. The van der Waals surface area contributed by atoms with Crippen LogP contribution in [0.5, 0.6) is 0 Å². The molecule has 1 amide bonds. The molecule has 1 aliphatic rings. The van der Waals surface area contributed by atoms with Crippen LogP contribution in [0.3, 0.4) is 0 Å². The Morgan fingerprint density at radius 3 is 3.00 bits per heavy atom. The van der Waals surface area contributed by atoms with Crippen LogP contribution in [-0.2, 0) is 6.42 Å². The monoisotopic (exact) mass is 258 g/mol. The van der Waals surface area contributed by atoms with Gasteiger partial charge < -0.3 is 10.2 Å². The predicted molar refractivity (Wildman–Crippen MR) is 78.4 cm³/mol. The van der Waals surface area contributed by atoms with Gasteiger partial charge in [0.15, 0.2) is 0 Å². The largest absolute Gasteiger partial charge is 0.335 e. The zero-order valence-corrected chi connectivity index (χ0v) is 11.6. The van der Waals surface area contributed by atoms with Gasteiger partial charge >= 0.3 is 0 Å². The van der Waals surface area contributed by atoms with E-state index in [-0.39, 0.29) is 5.91 Å². The zero-order valence-electron chi connectivity index (χ0n) is 11.6. The maximum absolute atomic E-state index is 12.5. The second kappa shape index (κ2) is 6.53. The average Bonchev–Trinajstić information content (AvgIpc) is 2.58. The minimum atomic E-state index is 0.144. The lowest BCUT2D eigenvalue weighted by atomic mass is 10.0. The van der Waals surface area contributed by atoms with E-state index in [4.69, 9.17) is 0 Å². The molecule has 0 atom stereocenters. The number of likely N-dealkylation sites (N-methyl/N-ethyl adjacent to an activating group) is 1. The Balaban J connectivity index is 2.07. The molecule has 1 aromatic carbocycles. The van der Waals surface area contributed by atoms with Crippen LogP contribution in [0.1, 0.15) is 29.3 Å². The van der Waals surface area contributed by atoms with Crippen LogP contribution in [0, 0.1) is 0 Å². The molecular weight excluding hydrogens is 236 g/mol. The van der Waals surface area contributed by atoms with Gasteiger partial charge in [-0.2, -0.15) is 0 Å². The normalized spacial score (nSPS) is 15.0. The van der Waals surface area contributed by atoms with Gasteiger partial charge in [-0.05, 0) is 36.6 Å². The number of nitrogens with zero attached hydrogens (tertiary/aromatic N) is 1. The topological polar surface area (TPSA) is 32.3 Å². The number of carbonyl (C=O) groups excluding carboxylic acids is 1. The molecule has 1 N–H and O–H groups in total. The van der Waals surface area contributed by atoms with Crippen molar-refractivity contribution >= 4 is 5.91 Å². The van der Waals surface area contributed by atoms with E-state index in [0.29, 0.717) is 6.54 Å². The summed E-state index contributed by atoms with van der Waals surface area (Å²) in [5.74, 6) is 0.144. The molecule has 0 spiro atoms. The molecule has 0 aliphatic carbocycles. The fraction of sp³-hybridized carbons (Fsp3) is 0.438. The molecule has 0 aromatic heterocycles. The third-order valence-electron chi connectivity index (χ3n) is 3.45. The van der Waals surface area contributed by atoms with E-state index in [2.05, 4.69) is 24.9 Å². The summed E-state index contributed by atoms with van der Waals surface area (Å²) in [7, 11) is 0. The fourth-order valence-electron chi connectivity index (χ4n) is 2.46. The van der Waals surface area contributed by atoms with Crippen LogP contribution in [0.25, 0.3) is 0 Å². The minimum Gasteiger partial charge on any atom is -0.335 e. The number of aryl methyl sites for hydroxylation is 1. The summed E-state index contributed by atoms with van der Waals surface area (Å²) < 4.78 is 0. The Morgan fingerprint density at radius 2 is 2.21 bits per heavy atom. The third kappa shape index (κ3) is 3.44. The lowest BCUT2D eigenvalue weighted by molar-refractivity contribution is 0.0774.